The van der Waals surface area contributed by atoms with Gasteiger partial charge < -0.3 is 14.4 Å². The Balaban J connectivity index is 1.97. The van der Waals surface area contributed by atoms with E-state index in [9.17, 15) is 9.59 Å². The quantitative estimate of drug-likeness (QED) is 0.539. The monoisotopic (exact) mass is 385 g/mol. The van der Waals surface area contributed by atoms with Crippen LogP contribution in [0.3, 0.4) is 0 Å². The SMILES string of the molecule is CCCCOc1ccc(C(=O)NNC(=O)c2ccc(N(C)C)cc2)cc1OC. The number of nitrogens with zero attached hydrogens (tertiary/aromatic N) is 1. The van der Waals surface area contributed by atoms with Gasteiger partial charge in [-0.15, -0.1) is 0 Å². The zero-order valence-corrected chi connectivity index (χ0v) is 16.7. The molecule has 0 aliphatic heterocycles. The van der Waals surface area contributed by atoms with Crippen molar-refractivity contribution in [1.29, 1.82) is 0 Å². The lowest BCUT2D eigenvalue weighted by Crippen LogP contribution is -2.41. The van der Waals surface area contributed by atoms with E-state index in [2.05, 4.69) is 17.8 Å². The number of carbonyl (C=O) groups excluding carboxylic acids is 2. The Hall–Kier alpha value is -3.22. The zero-order valence-electron chi connectivity index (χ0n) is 16.7. The molecule has 0 saturated carbocycles. The molecule has 0 aromatic heterocycles. The van der Waals surface area contributed by atoms with Crippen molar-refractivity contribution in [2.45, 2.75) is 19.8 Å². The van der Waals surface area contributed by atoms with Crippen molar-refractivity contribution >= 4 is 17.5 Å². The number of carbonyl (C=O) groups is 2. The molecular weight excluding hydrogens is 358 g/mol. The fourth-order valence-electron chi connectivity index (χ4n) is 2.42. The number of anilines is 1. The number of unbranched alkanes of at least 4 members (excludes halogenated alkanes) is 1. The van der Waals surface area contributed by atoms with E-state index < -0.39 is 11.8 Å². The number of hydrogen-bond acceptors (Lipinski definition) is 5. The van der Waals surface area contributed by atoms with Gasteiger partial charge in [-0.05, 0) is 48.9 Å². The Morgan fingerprint density at radius 2 is 1.54 bits per heavy atom. The molecule has 2 amide bonds. The molecule has 0 aliphatic rings. The van der Waals surface area contributed by atoms with Gasteiger partial charge in [-0.1, -0.05) is 13.3 Å². The number of rotatable bonds is 8. The summed E-state index contributed by atoms with van der Waals surface area (Å²) in [7, 11) is 5.36. The van der Waals surface area contributed by atoms with Gasteiger partial charge in [-0.2, -0.15) is 0 Å². The Bertz CT molecular complexity index is 804. The highest BCUT2D eigenvalue weighted by atomic mass is 16.5. The van der Waals surface area contributed by atoms with Crippen LogP contribution in [0.15, 0.2) is 42.5 Å². The number of methoxy groups -OCH3 is 1. The summed E-state index contributed by atoms with van der Waals surface area (Å²) in [5.74, 6) is 0.202. The van der Waals surface area contributed by atoms with Crippen LogP contribution in [0.1, 0.15) is 40.5 Å². The Kier molecular flexibility index (Phi) is 7.68. The van der Waals surface area contributed by atoms with Gasteiger partial charge in [0.2, 0.25) is 0 Å². The molecule has 0 unspecified atom stereocenters. The summed E-state index contributed by atoms with van der Waals surface area (Å²) in [4.78, 5) is 26.5. The Morgan fingerprint density at radius 3 is 2.11 bits per heavy atom. The van der Waals surface area contributed by atoms with Crippen molar-refractivity contribution in [1.82, 2.24) is 10.9 Å². The second kappa shape index (κ2) is 10.2. The molecule has 2 rings (SSSR count). The smallest absolute Gasteiger partial charge is 0.269 e. The van der Waals surface area contributed by atoms with Gasteiger partial charge in [-0.3, -0.25) is 20.4 Å². The molecule has 150 valence electrons. The molecule has 7 heteroatoms. The lowest BCUT2D eigenvalue weighted by Gasteiger charge is -2.13. The van der Waals surface area contributed by atoms with Gasteiger partial charge in [0.15, 0.2) is 11.5 Å². The van der Waals surface area contributed by atoms with Gasteiger partial charge in [0, 0.05) is 30.9 Å². The predicted molar refractivity (Wildman–Crippen MR) is 109 cm³/mol. The summed E-state index contributed by atoms with van der Waals surface area (Å²) >= 11 is 0. The van der Waals surface area contributed by atoms with Gasteiger partial charge >= 0.3 is 0 Å². The summed E-state index contributed by atoms with van der Waals surface area (Å²) < 4.78 is 11.0. The lowest BCUT2D eigenvalue weighted by molar-refractivity contribution is 0.0846. The van der Waals surface area contributed by atoms with Gasteiger partial charge in [0.1, 0.15) is 0 Å². The van der Waals surface area contributed by atoms with Gasteiger partial charge in [0.25, 0.3) is 11.8 Å². The fraction of sp³-hybridized carbons (Fsp3) is 0.333. The number of benzene rings is 2. The second-order valence-electron chi connectivity index (χ2n) is 6.42. The first kappa shape index (κ1) is 21.1. The van der Waals surface area contributed by atoms with Crippen molar-refractivity contribution in [3.8, 4) is 11.5 Å². The Labute approximate surface area is 165 Å². The van der Waals surface area contributed by atoms with Crippen molar-refractivity contribution in [3.63, 3.8) is 0 Å². The molecule has 0 saturated heterocycles. The molecule has 28 heavy (non-hydrogen) atoms. The van der Waals surface area contributed by atoms with Crippen molar-refractivity contribution < 1.29 is 19.1 Å². The van der Waals surface area contributed by atoms with E-state index >= 15 is 0 Å². The molecule has 7 nitrogen and oxygen atoms in total. The van der Waals surface area contributed by atoms with Crippen LogP contribution in [0.25, 0.3) is 0 Å². The number of nitrogens with one attached hydrogen (secondary N) is 2. The van der Waals surface area contributed by atoms with Crippen LogP contribution in [0.2, 0.25) is 0 Å². The summed E-state index contributed by atoms with van der Waals surface area (Å²) in [5, 5.41) is 0. The van der Waals surface area contributed by atoms with Crippen LogP contribution >= 0.6 is 0 Å². The van der Waals surface area contributed by atoms with E-state index in [4.69, 9.17) is 9.47 Å². The van der Waals surface area contributed by atoms with E-state index in [0.29, 0.717) is 29.2 Å². The average molecular weight is 385 g/mol. The normalized spacial score (nSPS) is 10.1. The first-order valence-corrected chi connectivity index (χ1v) is 9.15. The molecule has 0 bridgehead atoms. The van der Waals surface area contributed by atoms with Crippen molar-refractivity contribution in [2.24, 2.45) is 0 Å². The molecule has 2 aromatic rings. The minimum Gasteiger partial charge on any atom is -0.493 e. The fourth-order valence-corrected chi connectivity index (χ4v) is 2.42. The van der Waals surface area contributed by atoms with Crippen LogP contribution in [0, 0.1) is 0 Å². The Morgan fingerprint density at radius 1 is 0.929 bits per heavy atom. The number of ether oxygens (including phenoxy) is 2. The third-order valence-electron chi connectivity index (χ3n) is 4.12. The van der Waals surface area contributed by atoms with E-state index in [1.165, 1.54) is 7.11 Å². The standard InChI is InChI=1S/C21H27N3O4/c1-5-6-13-28-18-12-9-16(14-19(18)27-4)21(26)23-22-20(25)15-7-10-17(11-8-15)24(2)3/h7-12,14H,5-6,13H2,1-4H3,(H,22,25)(H,23,26). The highest BCUT2D eigenvalue weighted by molar-refractivity contribution is 5.99. The number of hydrogen-bond donors (Lipinski definition) is 2. The van der Waals surface area contributed by atoms with Crippen molar-refractivity contribution in [3.05, 3.63) is 53.6 Å². The maximum atomic E-state index is 12.3. The summed E-state index contributed by atoms with van der Waals surface area (Å²) in [6.45, 7) is 2.67. The summed E-state index contributed by atoms with van der Waals surface area (Å²) in [6.07, 6.45) is 1.97. The van der Waals surface area contributed by atoms with Crippen LogP contribution in [-0.2, 0) is 0 Å². The molecule has 0 aliphatic carbocycles. The number of amides is 2. The first-order chi connectivity index (χ1) is 13.5. The van der Waals surface area contributed by atoms with Crippen LogP contribution in [0.4, 0.5) is 5.69 Å². The van der Waals surface area contributed by atoms with Gasteiger partial charge in [0.05, 0.1) is 13.7 Å². The van der Waals surface area contributed by atoms with Gasteiger partial charge in [-0.25, -0.2) is 0 Å². The summed E-state index contributed by atoms with van der Waals surface area (Å²) in [5.41, 5.74) is 6.61. The van der Waals surface area contributed by atoms with E-state index in [0.717, 1.165) is 18.5 Å². The minimum atomic E-state index is -0.448. The molecule has 0 spiro atoms. The summed E-state index contributed by atoms with van der Waals surface area (Å²) in [6, 6.07) is 11.9. The average Bonchev–Trinajstić information content (AvgIpc) is 2.72. The maximum Gasteiger partial charge on any atom is 0.269 e. The number of hydrazine groups is 1. The molecule has 0 radical (unpaired) electrons. The zero-order chi connectivity index (χ0) is 20.5. The van der Waals surface area contributed by atoms with E-state index in [-0.39, 0.29) is 0 Å². The topological polar surface area (TPSA) is 79.9 Å². The minimum absolute atomic E-state index is 0.350. The molecule has 2 aromatic carbocycles. The first-order valence-electron chi connectivity index (χ1n) is 9.15. The molecular formula is C21H27N3O4. The lowest BCUT2D eigenvalue weighted by atomic mass is 10.2. The molecule has 2 N–H and O–H groups in total. The third-order valence-corrected chi connectivity index (χ3v) is 4.12. The largest absolute Gasteiger partial charge is 0.493 e. The molecule has 0 atom stereocenters. The highest BCUT2D eigenvalue weighted by Gasteiger charge is 2.13. The van der Waals surface area contributed by atoms with E-state index in [1.54, 1.807) is 30.3 Å². The van der Waals surface area contributed by atoms with Crippen LogP contribution in [-0.4, -0.2) is 39.6 Å². The predicted octanol–water partition coefficient (Wildman–Crippen LogP) is 3.01. The van der Waals surface area contributed by atoms with Crippen LogP contribution in [0.5, 0.6) is 11.5 Å². The second-order valence-corrected chi connectivity index (χ2v) is 6.42. The highest BCUT2D eigenvalue weighted by Crippen LogP contribution is 2.28. The molecule has 0 heterocycles. The van der Waals surface area contributed by atoms with Crippen molar-refractivity contribution in [2.75, 3.05) is 32.7 Å². The third kappa shape index (κ3) is 5.64. The molecule has 0 fully saturated rings. The van der Waals surface area contributed by atoms with E-state index in [1.807, 2.05) is 31.1 Å². The maximum absolute atomic E-state index is 12.3. The van der Waals surface area contributed by atoms with Crippen LogP contribution < -0.4 is 25.2 Å².